The monoisotopic (exact) mass is 353 g/mol. The minimum Gasteiger partial charge on any atom is -0.353 e. The molecular weight excluding hydrogens is 326 g/mol. The van der Waals surface area contributed by atoms with Gasteiger partial charge in [-0.3, -0.25) is 4.79 Å². The first-order valence-electron chi connectivity index (χ1n) is 9.14. The van der Waals surface area contributed by atoms with Crippen molar-refractivity contribution in [2.24, 2.45) is 0 Å². The molecular formula is C20H27N5O. The van der Waals surface area contributed by atoms with E-state index in [0.29, 0.717) is 5.92 Å². The first kappa shape index (κ1) is 18.2. The zero-order valence-electron chi connectivity index (χ0n) is 16.0. The molecule has 6 heteroatoms. The number of hydrogen-bond acceptors (Lipinski definition) is 5. The highest BCUT2D eigenvalue weighted by atomic mass is 16.1. The van der Waals surface area contributed by atoms with Gasteiger partial charge in [0.2, 0.25) is 6.41 Å². The van der Waals surface area contributed by atoms with E-state index in [1.165, 1.54) is 11.1 Å². The molecule has 2 heterocycles. The lowest BCUT2D eigenvalue weighted by Crippen LogP contribution is -2.46. The molecule has 26 heavy (non-hydrogen) atoms. The van der Waals surface area contributed by atoms with Crippen molar-refractivity contribution in [3.8, 4) is 0 Å². The summed E-state index contributed by atoms with van der Waals surface area (Å²) in [6.45, 7) is 11.5. The van der Waals surface area contributed by atoms with Gasteiger partial charge in [0, 0.05) is 37.9 Å². The summed E-state index contributed by atoms with van der Waals surface area (Å²) < 4.78 is 0. The molecule has 0 atom stereocenters. The summed E-state index contributed by atoms with van der Waals surface area (Å²) in [4.78, 5) is 24.1. The van der Waals surface area contributed by atoms with E-state index in [2.05, 4.69) is 59.2 Å². The van der Waals surface area contributed by atoms with Crippen LogP contribution in [-0.4, -0.2) is 47.5 Å². The molecule has 0 bridgehead atoms. The Morgan fingerprint density at radius 2 is 1.85 bits per heavy atom. The molecule has 0 spiro atoms. The van der Waals surface area contributed by atoms with Crippen LogP contribution in [0.3, 0.4) is 0 Å². The van der Waals surface area contributed by atoms with Gasteiger partial charge in [-0.2, -0.15) is 0 Å². The maximum atomic E-state index is 10.9. The number of carbonyl (C=O) groups excluding carboxylic acids is 1. The van der Waals surface area contributed by atoms with E-state index in [-0.39, 0.29) is 0 Å². The van der Waals surface area contributed by atoms with Crippen LogP contribution in [0, 0.1) is 13.8 Å². The highest BCUT2D eigenvalue weighted by molar-refractivity contribution is 5.67. The normalized spacial score (nSPS) is 14.7. The molecule has 0 radical (unpaired) electrons. The van der Waals surface area contributed by atoms with Crippen molar-refractivity contribution in [2.45, 2.75) is 33.6 Å². The van der Waals surface area contributed by atoms with Crippen molar-refractivity contribution in [3.05, 3.63) is 41.2 Å². The Balaban J connectivity index is 1.86. The number of aryl methyl sites for hydroxylation is 2. The number of benzene rings is 1. The smallest absolute Gasteiger partial charge is 0.209 e. The van der Waals surface area contributed by atoms with Crippen LogP contribution in [0.25, 0.3) is 0 Å². The Morgan fingerprint density at radius 1 is 1.12 bits per heavy atom. The summed E-state index contributed by atoms with van der Waals surface area (Å²) >= 11 is 0. The van der Waals surface area contributed by atoms with E-state index in [0.717, 1.165) is 55.7 Å². The number of para-hydroxylation sites is 1. The largest absolute Gasteiger partial charge is 0.353 e. The Morgan fingerprint density at radius 3 is 2.50 bits per heavy atom. The number of aromatic nitrogens is 2. The fourth-order valence-electron chi connectivity index (χ4n) is 3.30. The van der Waals surface area contributed by atoms with Crippen LogP contribution >= 0.6 is 0 Å². The third kappa shape index (κ3) is 3.95. The lowest BCUT2D eigenvalue weighted by Gasteiger charge is -2.33. The third-order valence-corrected chi connectivity index (χ3v) is 4.79. The number of anilines is 3. The second-order valence-corrected chi connectivity index (χ2v) is 7.11. The lowest BCUT2D eigenvalue weighted by atomic mass is 9.98. The van der Waals surface area contributed by atoms with Gasteiger partial charge in [-0.1, -0.05) is 32.0 Å². The molecule has 6 nitrogen and oxygen atoms in total. The molecule has 1 saturated heterocycles. The minimum absolute atomic E-state index is 0.427. The Labute approximate surface area is 155 Å². The zero-order chi connectivity index (χ0) is 18.7. The van der Waals surface area contributed by atoms with Crippen molar-refractivity contribution in [1.82, 2.24) is 14.9 Å². The number of piperazine rings is 1. The third-order valence-electron chi connectivity index (χ3n) is 4.79. The number of amides is 1. The van der Waals surface area contributed by atoms with Gasteiger partial charge in [0.1, 0.15) is 17.5 Å². The van der Waals surface area contributed by atoms with Gasteiger partial charge in [0.25, 0.3) is 0 Å². The molecule has 1 amide bonds. The molecule has 3 rings (SSSR count). The van der Waals surface area contributed by atoms with E-state index < -0.39 is 0 Å². The SMILES string of the molecule is Cc1nc(Nc2c(C)cccc2C(C)C)cc(N2CCN(C=O)CC2)n1. The quantitative estimate of drug-likeness (QED) is 0.836. The molecule has 2 aromatic rings. The molecule has 1 fully saturated rings. The summed E-state index contributed by atoms with van der Waals surface area (Å²) in [7, 11) is 0. The predicted octanol–water partition coefficient (Wildman–Crippen LogP) is 3.24. The fraction of sp³-hybridized carbons (Fsp3) is 0.450. The van der Waals surface area contributed by atoms with Gasteiger partial charge in [-0.15, -0.1) is 0 Å². The molecule has 1 aliphatic rings. The van der Waals surface area contributed by atoms with Gasteiger partial charge in [-0.05, 0) is 30.9 Å². The van der Waals surface area contributed by atoms with Crippen LogP contribution in [-0.2, 0) is 4.79 Å². The first-order valence-corrected chi connectivity index (χ1v) is 9.14. The molecule has 138 valence electrons. The average molecular weight is 353 g/mol. The van der Waals surface area contributed by atoms with E-state index in [4.69, 9.17) is 0 Å². The fourth-order valence-corrected chi connectivity index (χ4v) is 3.30. The summed E-state index contributed by atoms with van der Waals surface area (Å²) in [6, 6.07) is 8.37. The Kier molecular flexibility index (Phi) is 5.40. The first-order chi connectivity index (χ1) is 12.5. The second kappa shape index (κ2) is 7.72. The Bertz CT molecular complexity index is 782. The number of hydrogen-bond donors (Lipinski definition) is 1. The highest BCUT2D eigenvalue weighted by Gasteiger charge is 2.18. The van der Waals surface area contributed by atoms with Gasteiger partial charge < -0.3 is 15.1 Å². The van der Waals surface area contributed by atoms with Gasteiger partial charge in [-0.25, -0.2) is 9.97 Å². The highest BCUT2D eigenvalue weighted by Crippen LogP contribution is 2.30. The van der Waals surface area contributed by atoms with Crippen LogP contribution in [0.2, 0.25) is 0 Å². The molecule has 1 N–H and O–H groups in total. The molecule has 0 aliphatic carbocycles. The lowest BCUT2D eigenvalue weighted by molar-refractivity contribution is -0.118. The zero-order valence-corrected chi connectivity index (χ0v) is 16.0. The summed E-state index contributed by atoms with van der Waals surface area (Å²) in [6.07, 6.45) is 0.918. The summed E-state index contributed by atoms with van der Waals surface area (Å²) in [5.74, 6) is 2.88. The van der Waals surface area contributed by atoms with E-state index in [1.807, 2.05) is 13.0 Å². The van der Waals surface area contributed by atoms with Gasteiger partial charge in [0.05, 0.1) is 0 Å². The average Bonchev–Trinajstić information content (AvgIpc) is 2.63. The van der Waals surface area contributed by atoms with E-state index in [9.17, 15) is 4.79 Å². The molecule has 0 saturated carbocycles. The van der Waals surface area contributed by atoms with Crippen molar-refractivity contribution in [3.63, 3.8) is 0 Å². The van der Waals surface area contributed by atoms with Gasteiger partial charge in [0.15, 0.2) is 0 Å². The van der Waals surface area contributed by atoms with Crippen LogP contribution in [0.1, 0.15) is 36.7 Å². The van der Waals surface area contributed by atoms with Crippen LogP contribution in [0.4, 0.5) is 17.3 Å². The Hall–Kier alpha value is -2.63. The molecule has 1 aromatic carbocycles. The van der Waals surface area contributed by atoms with Crippen LogP contribution in [0.15, 0.2) is 24.3 Å². The van der Waals surface area contributed by atoms with Gasteiger partial charge >= 0.3 is 0 Å². The van der Waals surface area contributed by atoms with Crippen LogP contribution < -0.4 is 10.2 Å². The summed E-state index contributed by atoms with van der Waals surface area (Å²) in [5.41, 5.74) is 3.60. The van der Waals surface area contributed by atoms with E-state index >= 15 is 0 Å². The predicted molar refractivity (Wildman–Crippen MR) is 105 cm³/mol. The maximum absolute atomic E-state index is 10.9. The number of carbonyl (C=O) groups is 1. The number of nitrogens with one attached hydrogen (secondary N) is 1. The number of nitrogens with zero attached hydrogens (tertiary/aromatic N) is 4. The van der Waals surface area contributed by atoms with Crippen molar-refractivity contribution < 1.29 is 4.79 Å². The van der Waals surface area contributed by atoms with Crippen LogP contribution in [0.5, 0.6) is 0 Å². The van der Waals surface area contributed by atoms with Crippen molar-refractivity contribution in [2.75, 3.05) is 36.4 Å². The second-order valence-electron chi connectivity index (χ2n) is 7.11. The molecule has 1 aliphatic heterocycles. The maximum Gasteiger partial charge on any atom is 0.209 e. The van der Waals surface area contributed by atoms with Crippen molar-refractivity contribution in [1.29, 1.82) is 0 Å². The molecule has 1 aromatic heterocycles. The summed E-state index contributed by atoms with van der Waals surface area (Å²) in [5, 5.41) is 3.52. The van der Waals surface area contributed by atoms with E-state index in [1.54, 1.807) is 4.90 Å². The van der Waals surface area contributed by atoms with Crippen molar-refractivity contribution >= 4 is 23.7 Å². The number of rotatable bonds is 5. The minimum atomic E-state index is 0.427. The topological polar surface area (TPSA) is 61.4 Å². The standard InChI is InChI=1S/C20H27N5O/c1-14(2)17-7-5-6-15(3)20(17)23-18-12-19(22-16(4)21-18)25-10-8-24(13-26)9-11-25/h5-7,12-14H,8-11H2,1-4H3,(H,21,22,23). The molecule has 0 unspecified atom stereocenters.